The van der Waals surface area contributed by atoms with Gasteiger partial charge in [-0.3, -0.25) is 4.79 Å². The lowest BCUT2D eigenvalue weighted by atomic mass is 10.1. The summed E-state index contributed by atoms with van der Waals surface area (Å²) in [4.78, 5) is 14.2. The Morgan fingerprint density at radius 3 is 2.16 bits per heavy atom. The van der Waals surface area contributed by atoms with E-state index in [0.717, 1.165) is 22.6 Å². The van der Waals surface area contributed by atoms with Crippen molar-refractivity contribution in [2.75, 3.05) is 19.6 Å². The van der Waals surface area contributed by atoms with Crippen molar-refractivity contribution in [1.82, 2.24) is 19.4 Å². The maximum absolute atomic E-state index is 12.6. The first-order chi connectivity index (χ1) is 15.2. The second-order valence-corrected chi connectivity index (χ2v) is 9.42. The monoisotopic (exact) mass is 454 g/mol. The summed E-state index contributed by atoms with van der Waals surface area (Å²) in [6.07, 6.45) is 0.565. The average molecular weight is 455 g/mol. The number of carbonyl (C=O) groups is 1. The molecule has 7 nitrogen and oxygen atoms in total. The van der Waals surface area contributed by atoms with E-state index in [1.165, 1.54) is 12.1 Å². The van der Waals surface area contributed by atoms with Crippen molar-refractivity contribution in [1.29, 1.82) is 0 Å². The summed E-state index contributed by atoms with van der Waals surface area (Å²) in [5.74, 6) is -0.101. The Kier molecular flexibility index (Phi) is 7.48. The number of hydrogen-bond acceptors (Lipinski definition) is 4. The summed E-state index contributed by atoms with van der Waals surface area (Å²) in [6, 6.07) is 16.0. The molecule has 0 fully saturated rings. The predicted molar refractivity (Wildman–Crippen MR) is 126 cm³/mol. The van der Waals surface area contributed by atoms with Gasteiger partial charge in [-0.2, -0.15) is 5.10 Å². The van der Waals surface area contributed by atoms with Crippen molar-refractivity contribution in [2.24, 2.45) is 0 Å². The minimum absolute atomic E-state index is 0.101. The zero-order valence-corrected chi connectivity index (χ0v) is 19.8. The first kappa shape index (κ1) is 23.7. The van der Waals surface area contributed by atoms with Crippen LogP contribution >= 0.6 is 0 Å². The van der Waals surface area contributed by atoms with Crippen LogP contribution in [-0.4, -0.2) is 48.6 Å². The highest BCUT2D eigenvalue weighted by Crippen LogP contribution is 2.15. The molecule has 0 atom stereocenters. The van der Waals surface area contributed by atoms with Crippen LogP contribution in [0.4, 0.5) is 0 Å². The molecule has 0 saturated carbocycles. The third kappa shape index (κ3) is 5.44. The lowest BCUT2D eigenvalue weighted by Gasteiger charge is -2.18. The molecule has 3 rings (SSSR count). The molecule has 0 saturated heterocycles. The Morgan fingerprint density at radius 2 is 1.62 bits per heavy atom. The number of benzene rings is 2. The molecular weight excluding hydrogens is 424 g/mol. The average Bonchev–Trinajstić information content (AvgIpc) is 3.13. The van der Waals surface area contributed by atoms with E-state index >= 15 is 0 Å². The molecule has 0 aliphatic carbocycles. The molecular formula is C24H30N4O3S. The highest BCUT2D eigenvalue weighted by molar-refractivity contribution is 7.89. The van der Waals surface area contributed by atoms with E-state index in [9.17, 15) is 13.2 Å². The number of aromatic nitrogens is 2. The smallest absolute Gasteiger partial charge is 0.253 e. The molecule has 170 valence electrons. The maximum Gasteiger partial charge on any atom is 0.253 e. The zero-order valence-electron chi connectivity index (χ0n) is 19.0. The van der Waals surface area contributed by atoms with Crippen LogP contribution in [0.1, 0.15) is 41.2 Å². The van der Waals surface area contributed by atoms with E-state index in [-0.39, 0.29) is 17.3 Å². The minimum Gasteiger partial charge on any atom is -0.339 e. The number of aryl methyl sites for hydroxylation is 2. The van der Waals surface area contributed by atoms with Crippen LogP contribution in [0.25, 0.3) is 5.69 Å². The summed E-state index contributed by atoms with van der Waals surface area (Å²) in [7, 11) is -3.65. The van der Waals surface area contributed by atoms with Gasteiger partial charge in [0.25, 0.3) is 5.91 Å². The van der Waals surface area contributed by atoms with Crippen molar-refractivity contribution in [3.05, 3.63) is 77.1 Å². The van der Waals surface area contributed by atoms with Gasteiger partial charge in [0.2, 0.25) is 10.0 Å². The van der Waals surface area contributed by atoms with Gasteiger partial charge in [-0.1, -0.05) is 12.1 Å². The SMILES string of the molecule is CCN(CC)C(=O)c1ccc(S(=O)(=O)NCCc2ccc(-n3nc(C)cc3C)cc2)cc1. The van der Waals surface area contributed by atoms with Crippen LogP contribution in [0.3, 0.4) is 0 Å². The molecule has 32 heavy (non-hydrogen) atoms. The maximum atomic E-state index is 12.6. The molecule has 0 aliphatic heterocycles. The Balaban J connectivity index is 1.59. The van der Waals surface area contributed by atoms with Gasteiger partial charge in [0.15, 0.2) is 0 Å². The van der Waals surface area contributed by atoms with Crippen LogP contribution in [0, 0.1) is 13.8 Å². The topological polar surface area (TPSA) is 84.3 Å². The highest BCUT2D eigenvalue weighted by atomic mass is 32.2. The molecule has 0 spiro atoms. The molecule has 0 unspecified atom stereocenters. The van der Waals surface area contributed by atoms with Gasteiger partial charge in [0.1, 0.15) is 0 Å². The molecule has 8 heteroatoms. The highest BCUT2D eigenvalue weighted by Gasteiger charge is 2.16. The number of nitrogens with zero attached hydrogens (tertiary/aromatic N) is 3. The van der Waals surface area contributed by atoms with E-state index < -0.39 is 10.0 Å². The fraction of sp³-hybridized carbons (Fsp3) is 0.333. The van der Waals surface area contributed by atoms with E-state index in [2.05, 4.69) is 9.82 Å². The Hall–Kier alpha value is -2.97. The summed E-state index contributed by atoms with van der Waals surface area (Å²) in [6.45, 7) is 9.29. The van der Waals surface area contributed by atoms with Crippen LogP contribution in [-0.2, 0) is 16.4 Å². The van der Waals surface area contributed by atoms with E-state index in [4.69, 9.17) is 0 Å². The minimum atomic E-state index is -3.65. The standard InChI is InChI=1S/C24H30N4O3S/c1-5-27(6-2)24(29)21-9-13-23(14-10-21)32(30,31)25-16-15-20-7-11-22(12-8-20)28-19(4)17-18(3)26-28/h7-14,17,25H,5-6,15-16H2,1-4H3. The molecule has 0 bridgehead atoms. The number of hydrogen-bond donors (Lipinski definition) is 1. The predicted octanol–water partition coefficient (Wildman–Crippen LogP) is 3.49. The van der Waals surface area contributed by atoms with Gasteiger partial charge >= 0.3 is 0 Å². The third-order valence-corrected chi connectivity index (χ3v) is 6.84. The fourth-order valence-corrected chi connectivity index (χ4v) is 4.61. The van der Waals surface area contributed by atoms with Gasteiger partial charge in [-0.25, -0.2) is 17.8 Å². The van der Waals surface area contributed by atoms with Gasteiger partial charge in [0.05, 0.1) is 16.3 Å². The fourth-order valence-electron chi connectivity index (χ4n) is 3.58. The molecule has 2 aromatic carbocycles. The van der Waals surface area contributed by atoms with E-state index in [1.807, 2.05) is 62.7 Å². The van der Waals surface area contributed by atoms with Crippen LogP contribution in [0.15, 0.2) is 59.5 Å². The van der Waals surface area contributed by atoms with E-state index in [1.54, 1.807) is 17.0 Å². The van der Waals surface area contributed by atoms with Crippen molar-refractivity contribution in [3.8, 4) is 5.69 Å². The first-order valence-electron chi connectivity index (χ1n) is 10.8. The molecule has 0 radical (unpaired) electrons. The van der Waals surface area contributed by atoms with Gasteiger partial charge < -0.3 is 4.90 Å². The van der Waals surface area contributed by atoms with Gasteiger partial charge in [-0.05, 0) is 82.1 Å². The second kappa shape index (κ2) is 10.1. The molecule has 1 amide bonds. The molecule has 0 aliphatic rings. The Bertz CT molecular complexity index is 1160. The van der Waals surface area contributed by atoms with Gasteiger partial charge in [-0.15, -0.1) is 0 Å². The molecule has 1 aromatic heterocycles. The lowest BCUT2D eigenvalue weighted by Crippen LogP contribution is -2.30. The number of amides is 1. The summed E-state index contributed by atoms with van der Waals surface area (Å²) in [5.41, 5.74) is 4.51. The van der Waals surface area contributed by atoms with Crippen molar-refractivity contribution in [2.45, 2.75) is 39.0 Å². The summed E-state index contributed by atoms with van der Waals surface area (Å²) < 4.78 is 29.7. The number of rotatable bonds is 9. The Labute approximate surface area is 190 Å². The molecule has 3 aromatic rings. The molecule has 1 N–H and O–H groups in total. The summed E-state index contributed by atoms with van der Waals surface area (Å²) in [5, 5.41) is 4.48. The first-order valence-corrected chi connectivity index (χ1v) is 12.2. The van der Waals surface area contributed by atoms with Crippen molar-refractivity contribution < 1.29 is 13.2 Å². The normalized spacial score (nSPS) is 11.5. The van der Waals surface area contributed by atoms with E-state index in [0.29, 0.717) is 25.1 Å². The number of sulfonamides is 1. The van der Waals surface area contributed by atoms with Gasteiger partial charge in [0, 0.05) is 30.9 Å². The third-order valence-electron chi connectivity index (χ3n) is 5.36. The van der Waals surface area contributed by atoms with Crippen LogP contribution in [0.2, 0.25) is 0 Å². The number of nitrogens with one attached hydrogen (secondary N) is 1. The van der Waals surface area contributed by atoms with Crippen LogP contribution < -0.4 is 4.72 Å². The lowest BCUT2D eigenvalue weighted by molar-refractivity contribution is 0.0773. The molecule has 1 heterocycles. The second-order valence-electron chi connectivity index (χ2n) is 7.65. The number of carbonyl (C=O) groups excluding carboxylic acids is 1. The van der Waals surface area contributed by atoms with Crippen molar-refractivity contribution in [3.63, 3.8) is 0 Å². The summed E-state index contributed by atoms with van der Waals surface area (Å²) >= 11 is 0. The van der Waals surface area contributed by atoms with Crippen molar-refractivity contribution >= 4 is 15.9 Å². The van der Waals surface area contributed by atoms with Crippen LogP contribution in [0.5, 0.6) is 0 Å². The largest absolute Gasteiger partial charge is 0.339 e. The zero-order chi connectivity index (χ0) is 23.3. The quantitative estimate of drug-likeness (QED) is 0.536. The Morgan fingerprint density at radius 1 is 1.00 bits per heavy atom.